The van der Waals surface area contributed by atoms with Crippen molar-refractivity contribution >= 4 is 22.6 Å². The van der Waals surface area contributed by atoms with Crippen molar-refractivity contribution in [2.24, 2.45) is 14.1 Å². The van der Waals surface area contributed by atoms with Crippen molar-refractivity contribution in [3.8, 4) is 0 Å². The second kappa shape index (κ2) is 7.06. The Balaban J connectivity index is 1.86. The van der Waals surface area contributed by atoms with E-state index in [0.29, 0.717) is 29.6 Å². The van der Waals surface area contributed by atoms with E-state index in [9.17, 15) is 14.4 Å². The Bertz CT molecular complexity index is 1140. The van der Waals surface area contributed by atoms with E-state index in [1.165, 1.54) is 18.7 Å². The summed E-state index contributed by atoms with van der Waals surface area (Å²) in [4.78, 5) is 41.2. The minimum Gasteiger partial charge on any atom is -0.399 e. The number of anilines is 1. The summed E-state index contributed by atoms with van der Waals surface area (Å²) in [6.45, 7) is 2.15. The van der Waals surface area contributed by atoms with Gasteiger partial charge in [-0.05, 0) is 42.7 Å². The Hall–Kier alpha value is -3.42. The number of nitrogens with zero attached hydrogens (tertiary/aromatic N) is 3. The Morgan fingerprint density at radius 2 is 1.81 bits per heavy atom. The Kier molecular flexibility index (Phi) is 4.81. The number of aromatic nitrogens is 3. The molecule has 0 saturated carbocycles. The fourth-order valence-corrected chi connectivity index (χ4v) is 2.94. The van der Waals surface area contributed by atoms with Crippen molar-refractivity contribution < 1.29 is 4.79 Å². The maximum absolute atomic E-state index is 12.5. The van der Waals surface area contributed by atoms with Gasteiger partial charge in [-0.15, -0.1) is 0 Å². The number of benzene rings is 1. The molecule has 3 N–H and O–H groups in total. The zero-order valence-electron chi connectivity index (χ0n) is 15.4. The lowest BCUT2D eigenvalue weighted by molar-refractivity contribution is 0.0949. The first kappa shape index (κ1) is 18.4. The summed E-state index contributed by atoms with van der Waals surface area (Å²) >= 11 is 0. The predicted molar refractivity (Wildman–Crippen MR) is 104 cm³/mol. The largest absolute Gasteiger partial charge is 0.399 e. The van der Waals surface area contributed by atoms with Crippen LogP contribution in [0.4, 0.5) is 5.69 Å². The third kappa shape index (κ3) is 3.46. The van der Waals surface area contributed by atoms with Crippen molar-refractivity contribution in [1.29, 1.82) is 0 Å². The summed E-state index contributed by atoms with van der Waals surface area (Å²) in [6, 6.07) is 9.00. The lowest BCUT2D eigenvalue weighted by atomic mass is 10.1. The van der Waals surface area contributed by atoms with Crippen LogP contribution in [0.15, 0.2) is 39.9 Å². The van der Waals surface area contributed by atoms with Gasteiger partial charge in [0.25, 0.3) is 11.5 Å². The van der Waals surface area contributed by atoms with E-state index in [4.69, 9.17) is 5.73 Å². The molecular weight excluding hydrogens is 346 g/mol. The van der Waals surface area contributed by atoms with Crippen LogP contribution in [0.1, 0.15) is 21.6 Å². The second-order valence-electron chi connectivity index (χ2n) is 6.48. The quantitative estimate of drug-likeness (QED) is 0.652. The molecule has 0 radical (unpaired) electrons. The highest BCUT2D eigenvalue weighted by atomic mass is 16.2. The van der Waals surface area contributed by atoms with E-state index in [0.717, 1.165) is 10.1 Å². The minimum atomic E-state index is -0.486. The molecule has 0 bridgehead atoms. The average Bonchev–Trinajstić information content (AvgIpc) is 2.65. The lowest BCUT2D eigenvalue weighted by Gasteiger charge is -2.11. The molecule has 8 heteroatoms. The average molecular weight is 367 g/mol. The van der Waals surface area contributed by atoms with Gasteiger partial charge in [0.05, 0.1) is 5.39 Å². The predicted octanol–water partition coefficient (Wildman–Crippen LogP) is 0.495. The van der Waals surface area contributed by atoms with Crippen molar-refractivity contribution in [3.05, 3.63) is 68.0 Å². The number of pyridine rings is 1. The van der Waals surface area contributed by atoms with Crippen molar-refractivity contribution in [2.45, 2.75) is 13.3 Å². The fraction of sp³-hybridized carbons (Fsp3) is 0.263. The van der Waals surface area contributed by atoms with E-state index in [1.807, 2.05) is 24.3 Å². The lowest BCUT2D eigenvalue weighted by Crippen LogP contribution is -2.38. The topological polar surface area (TPSA) is 112 Å². The molecule has 1 aromatic carbocycles. The molecule has 2 heterocycles. The van der Waals surface area contributed by atoms with Gasteiger partial charge in [-0.25, -0.2) is 9.78 Å². The first-order valence-electron chi connectivity index (χ1n) is 8.49. The highest BCUT2D eigenvalue weighted by molar-refractivity contribution is 5.95. The molecule has 0 fully saturated rings. The van der Waals surface area contributed by atoms with E-state index in [1.54, 1.807) is 13.0 Å². The number of nitrogens with one attached hydrogen (secondary N) is 1. The standard InChI is InChI=1S/C19H21N5O3/c1-11-10-14(17(25)21-9-8-12-4-6-13(20)7-5-12)22-16-15(11)18(26)24(3)19(27)23(16)2/h4-7,10H,8-9,20H2,1-3H3,(H,21,25). The SMILES string of the molecule is Cc1cc(C(=O)NCCc2ccc(N)cc2)nc2c1c(=O)n(C)c(=O)n2C. The zero-order valence-corrected chi connectivity index (χ0v) is 15.4. The Labute approximate surface area is 155 Å². The van der Waals surface area contributed by atoms with Gasteiger partial charge in [-0.1, -0.05) is 12.1 Å². The molecule has 3 aromatic rings. The Morgan fingerprint density at radius 1 is 1.15 bits per heavy atom. The van der Waals surface area contributed by atoms with Crippen molar-refractivity contribution in [1.82, 2.24) is 19.4 Å². The molecule has 0 unspecified atom stereocenters. The molecule has 0 aliphatic rings. The highest BCUT2D eigenvalue weighted by Crippen LogP contribution is 2.12. The molecule has 2 aromatic heterocycles. The van der Waals surface area contributed by atoms with E-state index in [-0.39, 0.29) is 17.2 Å². The normalized spacial score (nSPS) is 10.9. The van der Waals surface area contributed by atoms with E-state index >= 15 is 0 Å². The number of hydrogen-bond acceptors (Lipinski definition) is 5. The molecule has 0 aliphatic heterocycles. The number of rotatable bonds is 4. The molecule has 0 saturated heterocycles. The van der Waals surface area contributed by atoms with E-state index < -0.39 is 11.2 Å². The number of carbonyl (C=O) groups is 1. The molecular formula is C19H21N5O3. The van der Waals surface area contributed by atoms with Crippen LogP contribution in [0.3, 0.4) is 0 Å². The summed E-state index contributed by atoms with van der Waals surface area (Å²) in [5.41, 5.74) is 7.46. The smallest absolute Gasteiger partial charge is 0.332 e. The van der Waals surface area contributed by atoms with Gasteiger partial charge >= 0.3 is 5.69 Å². The first-order valence-corrected chi connectivity index (χ1v) is 8.49. The number of nitrogens with two attached hydrogens (primary N) is 1. The summed E-state index contributed by atoms with van der Waals surface area (Å²) < 4.78 is 2.30. The fourth-order valence-electron chi connectivity index (χ4n) is 2.94. The van der Waals surface area contributed by atoms with Crippen LogP contribution in [0, 0.1) is 6.92 Å². The van der Waals surface area contributed by atoms with Gasteiger partial charge in [0.2, 0.25) is 0 Å². The molecule has 1 amide bonds. The molecule has 8 nitrogen and oxygen atoms in total. The van der Waals surface area contributed by atoms with Crippen LogP contribution in [0.5, 0.6) is 0 Å². The van der Waals surface area contributed by atoms with Gasteiger partial charge in [-0.3, -0.25) is 18.7 Å². The zero-order chi connectivity index (χ0) is 19.7. The van der Waals surface area contributed by atoms with Crippen LogP contribution in [-0.4, -0.2) is 26.6 Å². The molecule has 0 spiro atoms. The van der Waals surface area contributed by atoms with Gasteiger partial charge < -0.3 is 11.1 Å². The first-order chi connectivity index (χ1) is 12.8. The third-order valence-corrected chi connectivity index (χ3v) is 4.52. The molecule has 0 aliphatic carbocycles. The molecule has 140 valence electrons. The summed E-state index contributed by atoms with van der Waals surface area (Å²) in [5, 5.41) is 3.14. The molecule has 27 heavy (non-hydrogen) atoms. The number of nitrogen functional groups attached to an aromatic ring is 1. The second-order valence-corrected chi connectivity index (χ2v) is 6.48. The number of fused-ring (bicyclic) bond motifs is 1. The molecule has 0 atom stereocenters. The highest BCUT2D eigenvalue weighted by Gasteiger charge is 2.16. The number of aryl methyl sites for hydroxylation is 2. The third-order valence-electron chi connectivity index (χ3n) is 4.52. The van der Waals surface area contributed by atoms with Crippen molar-refractivity contribution in [3.63, 3.8) is 0 Å². The maximum atomic E-state index is 12.5. The van der Waals surface area contributed by atoms with Crippen LogP contribution < -0.4 is 22.3 Å². The van der Waals surface area contributed by atoms with Gasteiger partial charge in [0.1, 0.15) is 11.3 Å². The Morgan fingerprint density at radius 3 is 2.48 bits per heavy atom. The summed E-state index contributed by atoms with van der Waals surface area (Å²) in [7, 11) is 2.95. The van der Waals surface area contributed by atoms with Crippen LogP contribution >= 0.6 is 0 Å². The monoisotopic (exact) mass is 367 g/mol. The van der Waals surface area contributed by atoms with Gasteiger partial charge in [-0.2, -0.15) is 0 Å². The van der Waals surface area contributed by atoms with E-state index in [2.05, 4.69) is 10.3 Å². The number of carbonyl (C=O) groups excluding carboxylic acids is 1. The minimum absolute atomic E-state index is 0.167. The van der Waals surface area contributed by atoms with Crippen LogP contribution in [-0.2, 0) is 20.5 Å². The van der Waals surface area contributed by atoms with Gasteiger partial charge in [0.15, 0.2) is 0 Å². The number of amides is 1. The summed E-state index contributed by atoms with van der Waals surface area (Å²) in [5.74, 6) is -0.358. The summed E-state index contributed by atoms with van der Waals surface area (Å²) in [6.07, 6.45) is 0.650. The molecule has 3 rings (SSSR count). The van der Waals surface area contributed by atoms with Crippen LogP contribution in [0.25, 0.3) is 11.0 Å². The van der Waals surface area contributed by atoms with Gasteiger partial charge in [0, 0.05) is 26.3 Å². The number of hydrogen-bond donors (Lipinski definition) is 2. The van der Waals surface area contributed by atoms with Crippen LogP contribution in [0.2, 0.25) is 0 Å². The maximum Gasteiger partial charge on any atom is 0.332 e. The van der Waals surface area contributed by atoms with Crippen molar-refractivity contribution in [2.75, 3.05) is 12.3 Å².